The van der Waals surface area contributed by atoms with Gasteiger partial charge in [-0.1, -0.05) is 25.4 Å². The molecular formula is C14H17ClFNO4. The number of rotatable bonds is 6. The van der Waals surface area contributed by atoms with Gasteiger partial charge in [0.05, 0.1) is 12.1 Å². The molecule has 0 saturated heterocycles. The predicted octanol–water partition coefficient (Wildman–Crippen LogP) is 2.17. The number of methoxy groups -OCH3 is 1. The van der Waals surface area contributed by atoms with E-state index in [1.165, 1.54) is 19.2 Å². The van der Waals surface area contributed by atoms with Crippen LogP contribution >= 0.6 is 11.6 Å². The molecule has 0 heterocycles. The quantitative estimate of drug-likeness (QED) is 0.817. The highest BCUT2D eigenvalue weighted by Gasteiger charge is 2.25. The summed E-state index contributed by atoms with van der Waals surface area (Å²) in [5, 5.41) is 2.58. The summed E-state index contributed by atoms with van der Waals surface area (Å²) in [7, 11) is 1.25. The molecule has 0 aliphatic heterocycles. The molecule has 0 aliphatic rings. The van der Waals surface area contributed by atoms with Crippen LogP contribution in [0.4, 0.5) is 4.39 Å². The molecule has 116 valence electrons. The van der Waals surface area contributed by atoms with Gasteiger partial charge in [-0.2, -0.15) is 0 Å². The van der Waals surface area contributed by atoms with E-state index in [0.29, 0.717) is 0 Å². The van der Waals surface area contributed by atoms with Crippen molar-refractivity contribution in [3.05, 3.63) is 29.0 Å². The predicted molar refractivity (Wildman–Crippen MR) is 75.7 cm³/mol. The van der Waals surface area contributed by atoms with Crippen LogP contribution in [0, 0.1) is 11.7 Å². The van der Waals surface area contributed by atoms with Crippen molar-refractivity contribution in [1.29, 1.82) is 0 Å². The molecule has 0 bridgehead atoms. The maximum Gasteiger partial charge on any atom is 0.328 e. The lowest BCUT2D eigenvalue weighted by Gasteiger charge is -2.19. The van der Waals surface area contributed by atoms with Crippen molar-refractivity contribution >= 4 is 23.5 Å². The van der Waals surface area contributed by atoms with Crippen LogP contribution < -0.4 is 10.1 Å². The highest BCUT2D eigenvalue weighted by molar-refractivity contribution is 6.32. The average Bonchev–Trinajstić information content (AvgIpc) is 2.42. The molecule has 0 aromatic heterocycles. The first-order chi connectivity index (χ1) is 9.85. The Kier molecular flexibility index (Phi) is 6.42. The lowest BCUT2D eigenvalue weighted by atomic mass is 10.0. The fourth-order valence-corrected chi connectivity index (χ4v) is 1.80. The Hall–Kier alpha value is -1.82. The first-order valence-electron chi connectivity index (χ1n) is 6.30. The lowest BCUT2D eigenvalue weighted by Crippen LogP contribution is -2.46. The molecule has 1 N–H and O–H groups in total. The first-order valence-corrected chi connectivity index (χ1v) is 6.68. The van der Waals surface area contributed by atoms with Crippen molar-refractivity contribution < 1.29 is 23.5 Å². The van der Waals surface area contributed by atoms with Crippen LogP contribution in [0.3, 0.4) is 0 Å². The second-order valence-corrected chi connectivity index (χ2v) is 5.08. The maximum atomic E-state index is 12.9. The summed E-state index contributed by atoms with van der Waals surface area (Å²) in [4.78, 5) is 23.3. The van der Waals surface area contributed by atoms with Gasteiger partial charge in [-0.25, -0.2) is 9.18 Å². The molecule has 1 aromatic carbocycles. The Morgan fingerprint density at radius 2 is 2.05 bits per heavy atom. The van der Waals surface area contributed by atoms with Gasteiger partial charge in [-0.05, 0) is 24.1 Å². The van der Waals surface area contributed by atoms with Crippen LogP contribution in [0.25, 0.3) is 0 Å². The summed E-state index contributed by atoms with van der Waals surface area (Å²) in [5.41, 5.74) is 0. The molecule has 0 saturated carbocycles. The minimum atomic E-state index is -0.755. The van der Waals surface area contributed by atoms with Crippen molar-refractivity contribution in [2.75, 3.05) is 13.7 Å². The van der Waals surface area contributed by atoms with Gasteiger partial charge in [-0.3, -0.25) is 4.79 Å². The minimum Gasteiger partial charge on any atom is -0.482 e. The summed E-state index contributed by atoms with van der Waals surface area (Å²) in [5.74, 6) is -1.47. The molecule has 5 nitrogen and oxygen atoms in total. The molecule has 1 rings (SSSR count). The standard InChI is InChI=1S/C14H17ClFNO4/c1-8(2)13(14(19)20-3)17-12(18)7-21-11-5-4-9(16)6-10(11)15/h4-6,8,13H,7H2,1-3H3,(H,17,18). The van der Waals surface area contributed by atoms with E-state index in [9.17, 15) is 14.0 Å². The summed E-state index contributed by atoms with van der Waals surface area (Å²) < 4.78 is 22.7. The SMILES string of the molecule is COC(=O)C(NC(=O)COc1ccc(F)cc1Cl)C(C)C. The molecule has 7 heteroatoms. The van der Waals surface area contributed by atoms with Crippen LogP contribution in [0.15, 0.2) is 18.2 Å². The third-order valence-corrected chi connectivity index (χ3v) is 2.99. The van der Waals surface area contributed by atoms with Gasteiger partial charge in [0.25, 0.3) is 5.91 Å². The van der Waals surface area contributed by atoms with Crippen LogP contribution in [0.5, 0.6) is 5.75 Å². The second kappa shape index (κ2) is 7.83. The summed E-state index contributed by atoms with van der Waals surface area (Å²) in [6, 6.07) is 2.82. The van der Waals surface area contributed by atoms with E-state index < -0.39 is 23.7 Å². The number of hydrogen-bond donors (Lipinski definition) is 1. The van der Waals surface area contributed by atoms with Gasteiger partial charge in [0.1, 0.15) is 17.6 Å². The number of carbonyl (C=O) groups is 2. The Bertz CT molecular complexity index is 522. The Morgan fingerprint density at radius 3 is 2.57 bits per heavy atom. The molecule has 1 amide bonds. The highest BCUT2D eigenvalue weighted by Crippen LogP contribution is 2.24. The highest BCUT2D eigenvalue weighted by atomic mass is 35.5. The fourth-order valence-electron chi connectivity index (χ4n) is 1.58. The Morgan fingerprint density at radius 1 is 1.38 bits per heavy atom. The number of ether oxygens (including phenoxy) is 2. The van der Waals surface area contributed by atoms with E-state index in [2.05, 4.69) is 10.1 Å². The fraction of sp³-hybridized carbons (Fsp3) is 0.429. The second-order valence-electron chi connectivity index (χ2n) is 4.68. The number of nitrogens with one attached hydrogen (secondary N) is 1. The monoisotopic (exact) mass is 317 g/mol. The number of halogens is 2. The Balaban J connectivity index is 2.58. The summed E-state index contributed by atoms with van der Waals surface area (Å²) in [6.07, 6.45) is 0. The van der Waals surface area contributed by atoms with E-state index in [1.807, 2.05) is 0 Å². The van der Waals surface area contributed by atoms with Gasteiger partial charge in [0.2, 0.25) is 0 Å². The van der Waals surface area contributed by atoms with E-state index in [-0.39, 0.29) is 23.3 Å². The van der Waals surface area contributed by atoms with Crippen LogP contribution in [-0.4, -0.2) is 31.6 Å². The zero-order valence-electron chi connectivity index (χ0n) is 12.0. The molecule has 0 radical (unpaired) electrons. The Labute approximate surface area is 127 Å². The van der Waals surface area contributed by atoms with E-state index in [0.717, 1.165) is 6.07 Å². The summed E-state index contributed by atoms with van der Waals surface area (Å²) >= 11 is 5.77. The average molecular weight is 318 g/mol. The lowest BCUT2D eigenvalue weighted by molar-refractivity contribution is -0.146. The molecule has 0 spiro atoms. The van der Waals surface area contributed by atoms with E-state index in [4.69, 9.17) is 16.3 Å². The van der Waals surface area contributed by atoms with Crippen molar-refractivity contribution in [1.82, 2.24) is 5.32 Å². The van der Waals surface area contributed by atoms with Crippen LogP contribution in [0.1, 0.15) is 13.8 Å². The zero-order valence-corrected chi connectivity index (χ0v) is 12.7. The van der Waals surface area contributed by atoms with Crippen molar-refractivity contribution in [2.24, 2.45) is 5.92 Å². The number of benzene rings is 1. The number of carbonyl (C=O) groups excluding carboxylic acids is 2. The van der Waals surface area contributed by atoms with Gasteiger partial charge in [-0.15, -0.1) is 0 Å². The normalized spacial score (nSPS) is 11.9. The third-order valence-electron chi connectivity index (χ3n) is 2.69. The molecule has 0 fully saturated rings. The van der Waals surface area contributed by atoms with Crippen LogP contribution in [-0.2, 0) is 14.3 Å². The maximum absolute atomic E-state index is 12.9. The van der Waals surface area contributed by atoms with E-state index in [1.54, 1.807) is 13.8 Å². The molecule has 0 aliphatic carbocycles. The van der Waals surface area contributed by atoms with Gasteiger partial charge in [0, 0.05) is 0 Å². The summed E-state index contributed by atoms with van der Waals surface area (Å²) in [6.45, 7) is 3.21. The third kappa shape index (κ3) is 5.23. The molecule has 1 unspecified atom stereocenters. The van der Waals surface area contributed by atoms with Crippen molar-refractivity contribution in [3.63, 3.8) is 0 Å². The topological polar surface area (TPSA) is 64.6 Å². The largest absolute Gasteiger partial charge is 0.482 e. The number of amides is 1. The number of hydrogen-bond acceptors (Lipinski definition) is 4. The minimum absolute atomic E-state index is 0.0659. The van der Waals surface area contributed by atoms with E-state index >= 15 is 0 Å². The smallest absolute Gasteiger partial charge is 0.328 e. The van der Waals surface area contributed by atoms with Crippen molar-refractivity contribution in [2.45, 2.75) is 19.9 Å². The van der Waals surface area contributed by atoms with Gasteiger partial charge in [0.15, 0.2) is 6.61 Å². The van der Waals surface area contributed by atoms with Crippen molar-refractivity contribution in [3.8, 4) is 5.75 Å². The van der Waals surface area contributed by atoms with Crippen LogP contribution in [0.2, 0.25) is 5.02 Å². The zero-order chi connectivity index (χ0) is 16.0. The molecular weight excluding hydrogens is 301 g/mol. The van der Waals surface area contributed by atoms with Gasteiger partial charge >= 0.3 is 5.97 Å². The number of esters is 1. The van der Waals surface area contributed by atoms with Gasteiger partial charge < -0.3 is 14.8 Å². The molecule has 1 atom stereocenters. The molecule has 1 aromatic rings. The molecule has 21 heavy (non-hydrogen) atoms. The first kappa shape index (κ1) is 17.2.